The summed E-state index contributed by atoms with van der Waals surface area (Å²) in [6.07, 6.45) is 0. The molecule has 2 nitrogen and oxygen atoms in total. The van der Waals surface area contributed by atoms with Gasteiger partial charge in [-0.15, -0.1) is 0 Å². The second-order valence-corrected chi connectivity index (χ2v) is 16.2. The molecule has 0 bridgehead atoms. The van der Waals surface area contributed by atoms with E-state index in [2.05, 4.69) is 242 Å². The van der Waals surface area contributed by atoms with Gasteiger partial charge in [0.1, 0.15) is 0 Å². The molecular formula is C57H42N2. The molecule has 0 atom stereocenters. The molecule has 2 heteroatoms. The number of aromatic nitrogens is 1. The molecule has 0 saturated heterocycles. The summed E-state index contributed by atoms with van der Waals surface area (Å²) in [4.78, 5) is 2.37. The minimum Gasteiger partial charge on any atom is -0.310 e. The van der Waals surface area contributed by atoms with Gasteiger partial charge in [0.05, 0.1) is 16.7 Å². The quantitative estimate of drug-likeness (QED) is 0.157. The van der Waals surface area contributed by atoms with Crippen LogP contribution in [0.2, 0.25) is 0 Å². The third-order valence-corrected chi connectivity index (χ3v) is 12.4. The number of benzene rings is 9. The Morgan fingerprint density at radius 3 is 1.56 bits per heavy atom. The molecular weight excluding hydrogens is 713 g/mol. The standard InChI is InChI=1S/C57H42N2/c1-57(2)51-23-11-9-22-50(51)56-52(57)24-14-26-54(56)59-53-25-12-10-21-48(53)49-36-31-44(38-55(49)59)43-19-13-20-47(37-43)58(45-32-27-41(28-33-45)39-15-5-3-6-16-39)46-34-29-42(30-35-46)40-17-7-4-8-18-40/h3-38H,1-2H3. The first-order chi connectivity index (χ1) is 29.0. The Bertz CT molecular complexity index is 3070. The van der Waals surface area contributed by atoms with E-state index in [0.717, 1.165) is 22.6 Å². The van der Waals surface area contributed by atoms with E-state index in [0.29, 0.717) is 0 Å². The van der Waals surface area contributed by atoms with E-state index < -0.39 is 0 Å². The highest BCUT2D eigenvalue weighted by atomic mass is 15.1. The summed E-state index contributed by atoms with van der Waals surface area (Å²) in [6.45, 7) is 4.72. The summed E-state index contributed by atoms with van der Waals surface area (Å²) in [5.74, 6) is 0. The topological polar surface area (TPSA) is 8.17 Å². The van der Waals surface area contributed by atoms with Gasteiger partial charge in [0.25, 0.3) is 0 Å². The smallest absolute Gasteiger partial charge is 0.0547 e. The SMILES string of the molecule is CC1(C)c2ccccc2-c2c(-n3c4ccccc4c4ccc(-c5cccc(N(c6ccc(-c7ccccc7)cc6)c6ccc(-c7ccccc7)cc6)c5)cc43)cccc21. The van der Waals surface area contributed by atoms with E-state index in [9.17, 15) is 0 Å². The van der Waals surface area contributed by atoms with Crippen molar-refractivity contribution in [3.8, 4) is 50.2 Å². The van der Waals surface area contributed by atoms with Gasteiger partial charge < -0.3 is 9.47 Å². The number of nitrogens with zero attached hydrogens (tertiary/aromatic N) is 2. The Labute approximate surface area is 345 Å². The van der Waals surface area contributed by atoms with Crippen molar-refractivity contribution in [1.82, 2.24) is 4.57 Å². The maximum Gasteiger partial charge on any atom is 0.0547 e. The fourth-order valence-corrected chi connectivity index (χ4v) is 9.47. The first-order valence-corrected chi connectivity index (χ1v) is 20.5. The number of rotatable bonds is 7. The largest absolute Gasteiger partial charge is 0.310 e. The van der Waals surface area contributed by atoms with Crippen LogP contribution >= 0.6 is 0 Å². The van der Waals surface area contributed by atoms with Crippen LogP contribution in [0.3, 0.4) is 0 Å². The monoisotopic (exact) mass is 754 g/mol. The van der Waals surface area contributed by atoms with Crippen LogP contribution in [0.5, 0.6) is 0 Å². The number of hydrogen-bond acceptors (Lipinski definition) is 1. The van der Waals surface area contributed by atoms with Crippen molar-refractivity contribution in [2.75, 3.05) is 4.90 Å². The average molecular weight is 755 g/mol. The van der Waals surface area contributed by atoms with Crippen LogP contribution in [-0.4, -0.2) is 4.57 Å². The van der Waals surface area contributed by atoms with Crippen LogP contribution in [-0.2, 0) is 5.41 Å². The average Bonchev–Trinajstić information content (AvgIpc) is 3.75. The van der Waals surface area contributed by atoms with E-state index in [1.807, 2.05) is 0 Å². The fraction of sp³-hybridized carbons (Fsp3) is 0.0526. The highest BCUT2D eigenvalue weighted by Crippen LogP contribution is 2.52. The van der Waals surface area contributed by atoms with Crippen molar-refractivity contribution in [2.45, 2.75) is 19.3 Å². The predicted molar refractivity (Wildman–Crippen MR) is 249 cm³/mol. The summed E-state index contributed by atoms with van der Waals surface area (Å²) >= 11 is 0. The number of anilines is 3. The normalized spacial score (nSPS) is 12.7. The van der Waals surface area contributed by atoms with Crippen LogP contribution in [0.15, 0.2) is 218 Å². The molecule has 1 heterocycles. The van der Waals surface area contributed by atoms with E-state index in [4.69, 9.17) is 0 Å². The zero-order chi connectivity index (χ0) is 39.5. The van der Waals surface area contributed by atoms with E-state index in [-0.39, 0.29) is 5.41 Å². The number of hydrogen-bond donors (Lipinski definition) is 0. The fourth-order valence-electron chi connectivity index (χ4n) is 9.47. The molecule has 0 amide bonds. The van der Waals surface area contributed by atoms with Crippen LogP contribution < -0.4 is 4.90 Å². The van der Waals surface area contributed by atoms with E-state index >= 15 is 0 Å². The van der Waals surface area contributed by atoms with Gasteiger partial charge in [-0.3, -0.25) is 0 Å². The lowest BCUT2D eigenvalue weighted by molar-refractivity contribution is 0.660. The summed E-state index contributed by atoms with van der Waals surface area (Å²) < 4.78 is 2.50. The minimum absolute atomic E-state index is 0.0814. The lowest BCUT2D eigenvalue weighted by Gasteiger charge is -2.26. The summed E-state index contributed by atoms with van der Waals surface area (Å²) in [6, 6.07) is 79.7. The Hall–Kier alpha value is -7.42. The third-order valence-electron chi connectivity index (χ3n) is 12.4. The molecule has 1 aliphatic carbocycles. The van der Waals surface area contributed by atoms with Crippen molar-refractivity contribution in [3.63, 3.8) is 0 Å². The molecule has 9 aromatic carbocycles. The van der Waals surface area contributed by atoms with Gasteiger partial charge in [-0.1, -0.05) is 178 Å². The predicted octanol–water partition coefficient (Wildman–Crippen LogP) is 15.6. The molecule has 0 radical (unpaired) electrons. The molecule has 280 valence electrons. The van der Waals surface area contributed by atoms with Gasteiger partial charge >= 0.3 is 0 Å². The van der Waals surface area contributed by atoms with Crippen molar-refractivity contribution >= 4 is 38.9 Å². The van der Waals surface area contributed by atoms with Gasteiger partial charge in [-0.25, -0.2) is 0 Å². The molecule has 1 aromatic heterocycles. The lowest BCUT2D eigenvalue weighted by Crippen LogP contribution is -2.14. The molecule has 11 rings (SSSR count). The molecule has 0 N–H and O–H groups in total. The van der Waals surface area contributed by atoms with Crippen LogP contribution in [0, 0.1) is 0 Å². The maximum atomic E-state index is 2.50. The third kappa shape index (κ3) is 5.79. The van der Waals surface area contributed by atoms with Gasteiger partial charge in [-0.2, -0.15) is 0 Å². The van der Waals surface area contributed by atoms with Crippen molar-refractivity contribution < 1.29 is 0 Å². The zero-order valence-electron chi connectivity index (χ0n) is 33.2. The highest BCUT2D eigenvalue weighted by molar-refractivity contribution is 6.11. The molecule has 59 heavy (non-hydrogen) atoms. The molecule has 1 aliphatic rings. The molecule has 0 aliphatic heterocycles. The zero-order valence-corrected chi connectivity index (χ0v) is 33.2. The summed E-state index contributed by atoms with van der Waals surface area (Å²) in [5.41, 5.74) is 19.4. The number of fused-ring (bicyclic) bond motifs is 6. The first kappa shape index (κ1) is 34.8. The van der Waals surface area contributed by atoms with Crippen LogP contribution in [0.1, 0.15) is 25.0 Å². The lowest BCUT2D eigenvalue weighted by atomic mass is 9.82. The van der Waals surface area contributed by atoms with Crippen molar-refractivity contribution in [3.05, 3.63) is 230 Å². The van der Waals surface area contributed by atoms with Crippen LogP contribution in [0.25, 0.3) is 72.0 Å². The van der Waals surface area contributed by atoms with Gasteiger partial charge in [-0.05, 0) is 105 Å². The van der Waals surface area contributed by atoms with E-state index in [1.165, 1.54) is 77.6 Å². The van der Waals surface area contributed by atoms with Crippen LogP contribution in [0.4, 0.5) is 17.1 Å². The molecule has 10 aromatic rings. The first-order valence-electron chi connectivity index (χ1n) is 20.5. The second kappa shape index (κ2) is 13.9. The highest BCUT2D eigenvalue weighted by Gasteiger charge is 2.37. The van der Waals surface area contributed by atoms with Gasteiger partial charge in [0.2, 0.25) is 0 Å². The Morgan fingerprint density at radius 1 is 0.356 bits per heavy atom. The Balaban J connectivity index is 1.06. The Kier molecular flexibility index (Phi) is 8.20. The minimum atomic E-state index is -0.0814. The summed E-state index contributed by atoms with van der Waals surface area (Å²) in [7, 11) is 0. The Morgan fingerprint density at radius 2 is 0.864 bits per heavy atom. The molecule has 0 saturated carbocycles. The second-order valence-electron chi connectivity index (χ2n) is 16.2. The van der Waals surface area contributed by atoms with E-state index in [1.54, 1.807) is 0 Å². The van der Waals surface area contributed by atoms with Crippen molar-refractivity contribution in [2.24, 2.45) is 0 Å². The van der Waals surface area contributed by atoms with Crippen molar-refractivity contribution in [1.29, 1.82) is 0 Å². The number of para-hydroxylation sites is 1. The summed E-state index contributed by atoms with van der Waals surface area (Å²) in [5, 5.41) is 2.51. The molecule has 0 unspecified atom stereocenters. The molecule has 0 fully saturated rings. The molecule has 0 spiro atoms. The maximum absolute atomic E-state index is 2.50. The van der Waals surface area contributed by atoms with Gasteiger partial charge in [0, 0.05) is 38.8 Å². The van der Waals surface area contributed by atoms with Gasteiger partial charge in [0.15, 0.2) is 0 Å².